The van der Waals surface area contributed by atoms with Gasteiger partial charge < -0.3 is 5.32 Å². The summed E-state index contributed by atoms with van der Waals surface area (Å²) in [5, 5.41) is 2.55. The minimum Gasteiger partial charge on any atom is -0.344 e. The Morgan fingerprint density at radius 3 is 2.65 bits per heavy atom. The molecule has 2 amide bonds. The molecule has 17 heavy (non-hydrogen) atoms. The predicted octanol–water partition coefficient (Wildman–Crippen LogP) is 0.547. The first-order valence-corrected chi connectivity index (χ1v) is 5.26. The van der Waals surface area contributed by atoms with Gasteiger partial charge >= 0.3 is 0 Å². The Kier molecular flexibility index (Phi) is 3.22. The molecular formula is C11H12FN3O2. The van der Waals surface area contributed by atoms with Crippen molar-refractivity contribution in [3.8, 4) is 0 Å². The number of anilines is 1. The van der Waals surface area contributed by atoms with E-state index in [4.69, 9.17) is 0 Å². The van der Waals surface area contributed by atoms with Crippen molar-refractivity contribution in [1.82, 2.24) is 10.7 Å². The molecule has 0 radical (unpaired) electrons. The minimum atomic E-state index is -0.490. The molecule has 1 heterocycles. The Balaban J connectivity index is 1.84. The van der Waals surface area contributed by atoms with Gasteiger partial charge in [0.15, 0.2) is 0 Å². The highest BCUT2D eigenvalue weighted by Gasteiger charge is 2.26. The van der Waals surface area contributed by atoms with Crippen LogP contribution < -0.4 is 16.2 Å². The van der Waals surface area contributed by atoms with Crippen LogP contribution >= 0.6 is 0 Å². The number of hydrazine groups is 1. The van der Waals surface area contributed by atoms with E-state index < -0.39 is 6.04 Å². The van der Waals surface area contributed by atoms with Crippen LogP contribution in [-0.2, 0) is 9.59 Å². The number of nitrogens with one attached hydrogen (secondary N) is 3. The molecule has 1 saturated heterocycles. The molecule has 3 N–H and O–H groups in total. The fourth-order valence-corrected chi connectivity index (χ4v) is 1.56. The van der Waals surface area contributed by atoms with E-state index in [-0.39, 0.29) is 17.6 Å². The van der Waals surface area contributed by atoms with Gasteiger partial charge in [-0.3, -0.25) is 20.4 Å². The number of rotatable bonds is 3. The lowest BCUT2D eigenvalue weighted by atomic mass is 10.2. The molecule has 1 unspecified atom stereocenters. The molecule has 90 valence electrons. The first-order chi connectivity index (χ1) is 8.15. The molecule has 2 rings (SSSR count). The smallest absolute Gasteiger partial charge is 0.260 e. The van der Waals surface area contributed by atoms with E-state index >= 15 is 0 Å². The van der Waals surface area contributed by atoms with E-state index in [1.54, 1.807) is 0 Å². The van der Waals surface area contributed by atoms with Crippen LogP contribution in [0.4, 0.5) is 10.1 Å². The lowest BCUT2D eigenvalue weighted by Gasteiger charge is -2.12. The standard InChI is InChI=1S/C11H12FN3O2/c12-7-1-3-8(4-2-7)14-15-11(17)9-5-6-10(16)13-9/h1-4,9,14H,5-6H2,(H,13,16)(H,15,17). The van der Waals surface area contributed by atoms with Gasteiger partial charge in [0, 0.05) is 6.42 Å². The molecule has 1 fully saturated rings. The topological polar surface area (TPSA) is 70.2 Å². The monoisotopic (exact) mass is 237 g/mol. The van der Waals surface area contributed by atoms with Crippen LogP contribution in [0.3, 0.4) is 0 Å². The SMILES string of the molecule is O=C1CCC(C(=O)NNc2ccc(F)cc2)N1. The Morgan fingerprint density at radius 2 is 2.06 bits per heavy atom. The Bertz CT molecular complexity index is 433. The molecule has 5 nitrogen and oxygen atoms in total. The van der Waals surface area contributed by atoms with Crippen molar-refractivity contribution in [3.05, 3.63) is 30.1 Å². The summed E-state index contributed by atoms with van der Waals surface area (Å²) in [6.45, 7) is 0. The summed E-state index contributed by atoms with van der Waals surface area (Å²) in [5.41, 5.74) is 5.67. The molecule has 0 aliphatic carbocycles. The van der Waals surface area contributed by atoms with Gasteiger partial charge in [0.25, 0.3) is 5.91 Å². The highest BCUT2D eigenvalue weighted by atomic mass is 19.1. The lowest BCUT2D eigenvalue weighted by molar-refractivity contribution is -0.125. The van der Waals surface area contributed by atoms with Crippen molar-refractivity contribution in [2.75, 3.05) is 5.43 Å². The van der Waals surface area contributed by atoms with Crippen molar-refractivity contribution in [2.45, 2.75) is 18.9 Å². The molecule has 1 atom stereocenters. The molecular weight excluding hydrogens is 225 g/mol. The highest BCUT2D eigenvalue weighted by molar-refractivity contribution is 5.91. The molecule has 1 aliphatic rings. The van der Waals surface area contributed by atoms with Gasteiger partial charge in [-0.05, 0) is 30.7 Å². The quantitative estimate of drug-likeness (QED) is 0.672. The largest absolute Gasteiger partial charge is 0.344 e. The molecule has 0 bridgehead atoms. The maximum absolute atomic E-state index is 12.6. The zero-order valence-electron chi connectivity index (χ0n) is 9.00. The van der Waals surface area contributed by atoms with Crippen LogP contribution in [0.25, 0.3) is 0 Å². The number of hydrogen-bond acceptors (Lipinski definition) is 3. The first kappa shape index (κ1) is 11.4. The van der Waals surface area contributed by atoms with Gasteiger partial charge in [-0.15, -0.1) is 0 Å². The number of halogens is 1. The zero-order valence-corrected chi connectivity index (χ0v) is 9.00. The van der Waals surface area contributed by atoms with Gasteiger partial charge in [0.1, 0.15) is 11.9 Å². The summed E-state index contributed by atoms with van der Waals surface area (Å²) in [4.78, 5) is 22.5. The first-order valence-electron chi connectivity index (χ1n) is 5.26. The number of carbonyl (C=O) groups excluding carboxylic acids is 2. The summed E-state index contributed by atoms with van der Waals surface area (Å²) >= 11 is 0. The van der Waals surface area contributed by atoms with E-state index in [2.05, 4.69) is 16.2 Å². The van der Waals surface area contributed by atoms with Crippen LogP contribution in [0.1, 0.15) is 12.8 Å². The molecule has 0 saturated carbocycles. The average Bonchev–Trinajstić information content (AvgIpc) is 2.75. The zero-order chi connectivity index (χ0) is 12.3. The van der Waals surface area contributed by atoms with Crippen molar-refractivity contribution < 1.29 is 14.0 Å². The fourth-order valence-electron chi connectivity index (χ4n) is 1.56. The van der Waals surface area contributed by atoms with E-state index in [9.17, 15) is 14.0 Å². The van der Waals surface area contributed by atoms with Crippen molar-refractivity contribution in [1.29, 1.82) is 0 Å². The van der Waals surface area contributed by atoms with E-state index in [1.165, 1.54) is 24.3 Å². The van der Waals surface area contributed by atoms with Crippen LogP contribution in [-0.4, -0.2) is 17.9 Å². The van der Waals surface area contributed by atoms with Crippen molar-refractivity contribution in [2.24, 2.45) is 0 Å². The van der Waals surface area contributed by atoms with Gasteiger partial charge in [0.2, 0.25) is 5.91 Å². The van der Waals surface area contributed by atoms with Crippen LogP contribution in [0.5, 0.6) is 0 Å². The summed E-state index contributed by atoms with van der Waals surface area (Å²) in [5.74, 6) is -0.767. The third-order valence-corrected chi connectivity index (χ3v) is 2.49. The van der Waals surface area contributed by atoms with Crippen LogP contribution in [0.2, 0.25) is 0 Å². The Morgan fingerprint density at radius 1 is 1.35 bits per heavy atom. The van der Waals surface area contributed by atoms with Crippen LogP contribution in [0.15, 0.2) is 24.3 Å². The van der Waals surface area contributed by atoms with E-state index in [0.29, 0.717) is 18.5 Å². The van der Waals surface area contributed by atoms with Crippen molar-refractivity contribution in [3.63, 3.8) is 0 Å². The molecule has 1 aromatic carbocycles. The number of carbonyl (C=O) groups is 2. The van der Waals surface area contributed by atoms with E-state index in [1.807, 2.05) is 0 Å². The molecule has 0 aromatic heterocycles. The number of hydrogen-bond donors (Lipinski definition) is 3. The lowest BCUT2D eigenvalue weighted by Crippen LogP contribution is -2.43. The summed E-state index contributed by atoms with van der Waals surface area (Å²) in [6.07, 6.45) is 0.865. The second-order valence-electron chi connectivity index (χ2n) is 3.78. The molecule has 1 aliphatic heterocycles. The Hall–Kier alpha value is -2.11. The van der Waals surface area contributed by atoms with Crippen molar-refractivity contribution >= 4 is 17.5 Å². The summed E-state index contributed by atoms with van der Waals surface area (Å²) in [7, 11) is 0. The second kappa shape index (κ2) is 4.82. The second-order valence-corrected chi connectivity index (χ2v) is 3.78. The maximum Gasteiger partial charge on any atom is 0.260 e. The number of amides is 2. The normalized spacial score (nSPS) is 18.6. The highest BCUT2D eigenvalue weighted by Crippen LogP contribution is 2.08. The van der Waals surface area contributed by atoms with Crippen LogP contribution in [0, 0.1) is 5.82 Å². The average molecular weight is 237 g/mol. The van der Waals surface area contributed by atoms with Gasteiger partial charge in [-0.25, -0.2) is 4.39 Å². The Labute approximate surface area is 97.4 Å². The third kappa shape index (κ3) is 2.93. The van der Waals surface area contributed by atoms with Gasteiger partial charge in [0.05, 0.1) is 5.69 Å². The summed E-state index contributed by atoms with van der Waals surface area (Å²) < 4.78 is 12.6. The molecule has 1 aromatic rings. The van der Waals surface area contributed by atoms with Gasteiger partial charge in [-0.2, -0.15) is 0 Å². The molecule has 6 heteroatoms. The maximum atomic E-state index is 12.6. The van der Waals surface area contributed by atoms with Gasteiger partial charge in [-0.1, -0.05) is 0 Å². The minimum absolute atomic E-state index is 0.119. The summed E-state index contributed by atoms with van der Waals surface area (Å²) in [6, 6.07) is 5.08. The van der Waals surface area contributed by atoms with E-state index in [0.717, 1.165) is 0 Å². The number of benzene rings is 1. The fraction of sp³-hybridized carbons (Fsp3) is 0.273. The molecule has 0 spiro atoms. The third-order valence-electron chi connectivity index (χ3n) is 2.49. The predicted molar refractivity (Wildman–Crippen MR) is 59.3 cm³/mol.